The molecule has 0 fully saturated rings. The summed E-state index contributed by atoms with van der Waals surface area (Å²) in [6.07, 6.45) is 2.21. The van der Waals surface area contributed by atoms with Crippen molar-refractivity contribution >= 4 is 11.8 Å². The first-order valence-electron chi connectivity index (χ1n) is 7.46. The van der Waals surface area contributed by atoms with E-state index in [2.05, 4.69) is 10.6 Å². The third-order valence-corrected chi connectivity index (χ3v) is 3.00. The molecule has 0 unspecified atom stereocenters. The van der Waals surface area contributed by atoms with E-state index in [4.69, 9.17) is 0 Å². The second-order valence-corrected chi connectivity index (χ2v) is 4.89. The smallest absolute Gasteiger partial charge is 0.252 e. The van der Waals surface area contributed by atoms with Crippen LogP contribution in [0.5, 0.6) is 0 Å². The Bertz CT molecular complexity index is 256. The molecule has 2 amide bonds. The molecule has 0 saturated carbocycles. The van der Waals surface area contributed by atoms with Gasteiger partial charge >= 0.3 is 0 Å². The zero-order valence-corrected chi connectivity index (χ0v) is 12.5. The number of unbranched alkanes of at least 4 members (excludes halogenated alkanes) is 4. The summed E-state index contributed by atoms with van der Waals surface area (Å²) >= 11 is 0. The Morgan fingerprint density at radius 1 is 0.800 bits per heavy atom. The molecule has 0 aromatic rings. The fourth-order valence-electron chi connectivity index (χ4n) is 1.67. The summed E-state index contributed by atoms with van der Waals surface area (Å²) in [7, 11) is 0. The van der Waals surface area contributed by atoms with Gasteiger partial charge in [0, 0.05) is 13.1 Å². The Hall–Kier alpha value is -1.14. The van der Waals surface area contributed by atoms with Crippen LogP contribution in [0.3, 0.4) is 0 Å². The van der Waals surface area contributed by atoms with Crippen molar-refractivity contribution in [2.24, 2.45) is 0 Å². The van der Waals surface area contributed by atoms with Gasteiger partial charge in [0.1, 0.15) is 0 Å². The lowest BCUT2D eigenvalue weighted by Gasteiger charge is -2.17. The van der Waals surface area contributed by atoms with E-state index in [1.54, 1.807) is 0 Å². The Morgan fingerprint density at radius 2 is 1.15 bits per heavy atom. The maximum Gasteiger partial charge on any atom is 0.252 e. The molecular weight excluding hydrogens is 260 g/mol. The molecule has 0 saturated heterocycles. The Balaban J connectivity index is 3.95. The van der Waals surface area contributed by atoms with Gasteiger partial charge in [0.25, 0.3) is 11.8 Å². The number of carbonyl (C=O) groups is 2. The quantitative estimate of drug-likeness (QED) is 0.412. The summed E-state index contributed by atoms with van der Waals surface area (Å²) in [5.41, 5.74) is 0. The zero-order valence-electron chi connectivity index (χ0n) is 12.5. The van der Waals surface area contributed by atoms with Crippen LogP contribution < -0.4 is 10.6 Å². The molecule has 118 valence electrons. The summed E-state index contributed by atoms with van der Waals surface area (Å²) in [6.45, 7) is 4.97. The van der Waals surface area contributed by atoms with Gasteiger partial charge in [0.15, 0.2) is 12.2 Å². The van der Waals surface area contributed by atoms with Crippen molar-refractivity contribution in [3.63, 3.8) is 0 Å². The fourth-order valence-corrected chi connectivity index (χ4v) is 1.67. The van der Waals surface area contributed by atoms with Crippen molar-refractivity contribution in [2.45, 2.75) is 64.6 Å². The average molecular weight is 288 g/mol. The van der Waals surface area contributed by atoms with E-state index >= 15 is 0 Å². The highest BCUT2D eigenvalue weighted by Crippen LogP contribution is 1.97. The summed E-state index contributed by atoms with van der Waals surface area (Å²) in [6, 6.07) is 0. The van der Waals surface area contributed by atoms with E-state index in [0.717, 1.165) is 38.5 Å². The number of aliphatic hydroxyl groups is 2. The predicted octanol–water partition coefficient (Wildman–Crippen LogP) is 0.321. The normalized spacial score (nSPS) is 13.6. The summed E-state index contributed by atoms with van der Waals surface area (Å²) in [5.74, 6) is -1.42. The van der Waals surface area contributed by atoms with Crippen LogP contribution in [-0.2, 0) is 9.59 Å². The molecule has 0 aromatic heterocycles. The lowest BCUT2D eigenvalue weighted by atomic mass is 10.1. The summed E-state index contributed by atoms with van der Waals surface area (Å²) in [4.78, 5) is 23.1. The monoisotopic (exact) mass is 288 g/mol. The first kappa shape index (κ1) is 18.9. The van der Waals surface area contributed by atoms with Gasteiger partial charge in [-0.15, -0.1) is 0 Å². The number of hydrogen-bond donors (Lipinski definition) is 4. The number of rotatable bonds is 11. The first-order valence-corrected chi connectivity index (χ1v) is 7.46. The van der Waals surface area contributed by atoms with Crippen molar-refractivity contribution in [3.05, 3.63) is 0 Å². The molecule has 6 nitrogen and oxygen atoms in total. The van der Waals surface area contributed by atoms with Gasteiger partial charge in [-0.1, -0.05) is 39.5 Å². The van der Waals surface area contributed by atoms with Gasteiger partial charge in [-0.05, 0) is 12.8 Å². The minimum absolute atomic E-state index is 0.439. The van der Waals surface area contributed by atoms with Crippen molar-refractivity contribution in [1.29, 1.82) is 0 Å². The molecular formula is C14H28N2O4. The van der Waals surface area contributed by atoms with E-state index in [0.29, 0.717) is 13.1 Å². The molecule has 0 rings (SSSR count). The Morgan fingerprint density at radius 3 is 1.45 bits per heavy atom. The van der Waals surface area contributed by atoms with Gasteiger partial charge in [0.05, 0.1) is 0 Å². The van der Waals surface area contributed by atoms with Gasteiger partial charge < -0.3 is 20.8 Å². The topological polar surface area (TPSA) is 98.7 Å². The van der Waals surface area contributed by atoms with Crippen LogP contribution in [0.15, 0.2) is 0 Å². The number of amides is 2. The molecule has 2 atom stereocenters. The highest BCUT2D eigenvalue weighted by atomic mass is 16.3. The molecule has 4 N–H and O–H groups in total. The van der Waals surface area contributed by atoms with Crippen LogP contribution in [0.4, 0.5) is 0 Å². The van der Waals surface area contributed by atoms with Crippen molar-refractivity contribution in [1.82, 2.24) is 10.6 Å². The van der Waals surface area contributed by atoms with Crippen LogP contribution in [-0.4, -0.2) is 47.3 Å². The van der Waals surface area contributed by atoms with Crippen LogP contribution in [0, 0.1) is 0 Å². The number of aliphatic hydroxyl groups excluding tert-OH is 2. The third-order valence-electron chi connectivity index (χ3n) is 3.00. The first-order chi connectivity index (χ1) is 9.54. The van der Waals surface area contributed by atoms with Gasteiger partial charge in [-0.3, -0.25) is 9.59 Å². The summed E-state index contributed by atoms with van der Waals surface area (Å²) < 4.78 is 0. The van der Waals surface area contributed by atoms with E-state index in [1.807, 2.05) is 13.8 Å². The number of carbonyl (C=O) groups excluding carboxylic acids is 2. The maximum absolute atomic E-state index is 11.5. The van der Waals surface area contributed by atoms with E-state index in [1.165, 1.54) is 0 Å². The van der Waals surface area contributed by atoms with Crippen molar-refractivity contribution < 1.29 is 19.8 Å². The molecule has 0 radical (unpaired) electrons. The Labute approximate surface area is 120 Å². The largest absolute Gasteiger partial charge is 0.380 e. The average Bonchev–Trinajstić information content (AvgIpc) is 2.46. The maximum atomic E-state index is 11.5. The molecule has 6 heteroatoms. The fraction of sp³-hybridized carbons (Fsp3) is 0.857. The molecule has 0 aliphatic heterocycles. The van der Waals surface area contributed by atoms with Crippen LogP contribution in [0.2, 0.25) is 0 Å². The van der Waals surface area contributed by atoms with Gasteiger partial charge in [-0.2, -0.15) is 0 Å². The van der Waals surface area contributed by atoms with E-state index in [9.17, 15) is 19.8 Å². The Kier molecular flexibility index (Phi) is 11.0. The molecule has 0 aliphatic rings. The second-order valence-electron chi connectivity index (χ2n) is 4.89. The molecule has 0 heterocycles. The van der Waals surface area contributed by atoms with Gasteiger partial charge in [-0.25, -0.2) is 0 Å². The predicted molar refractivity (Wildman–Crippen MR) is 77.1 cm³/mol. The standard InChI is InChI=1S/C14H28N2O4/c1-3-5-7-9-15-13(19)11(17)12(18)14(20)16-10-8-6-4-2/h11-12,17-18H,3-10H2,1-2H3,(H,15,19)(H,16,20)/t11-,12-/m0/s1. The highest BCUT2D eigenvalue weighted by molar-refractivity contribution is 5.90. The third kappa shape index (κ3) is 8.12. The lowest BCUT2D eigenvalue weighted by molar-refractivity contribution is -0.146. The van der Waals surface area contributed by atoms with Crippen LogP contribution >= 0.6 is 0 Å². The van der Waals surface area contributed by atoms with E-state index < -0.39 is 24.0 Å². The number of nitrogens with one attached hydrogen (secondary N) is 2. The minimum Gasteiger partial charge on any atom is -0.380 e. The molecule has 0 bridgehead atoms. The van der Waals surface area contributed by atoms with Gasteiger partial charge in [0.2, 0.25) is 0 Å². The van der Waals surface area contributed by atoms with Crippen molar-refractivity contribution in [3.8, 4) is 0 Å². The molecule has 0 aliphatic carbocycles. The summed E-state index contributed by atoms with van der Waals surface area (Å²) in [5, 5.41) is 24.2. The molecule has 0 aromatic carbocycles. The second kappa shape index (κ2) is 11.7. The number of hydrogen-bond acceptors (Lipinski definition) is 4. The molecule has 20 heavy (non-hydrogen) atoms. The highest BCUT2D eigenvalue weighted by Gasteiger charge is 2.29. The minimum atomic E-state index is -1.72. The van der Waals surface area contributed by atoms with Crippen LogP contribution in [0.25, 0.3) is 0 Å². The van der Waals surface area contributed by atoms with E-state index in [-0.39, 0.29) is 0 Å². The molecule has 0 spiro atoms. The van der Waals surface area contributed by atoms with Crippen molar-refractivity contribution in [2.75, 3.05) is 13.1 Å². The zero-order chi connectivity index (χ0) is 15.4. The lowest BCUT2D eigenvalue weighted by Crippen LogP contribution is -2.49. The SMILES string of the molecule is CCCCCNC(=O)[C@@H](O)[C@H](O)C(=O)NCCCCC. The van der Waals surface area contributed by atoms with Crippen LogP contribution in [0.1, 0.15) is 52.4 Å².